The van der Waals surface area contributed by atoms with Gasteiger partial charge in [-0.1, -0.05) is 48.0 Å². The average Bonchev–Trinajstić information content (AvgIpc) is 3.19. The molecule has 31 heavy (non-hydrogen) atoms. The van der Waals surface area contributed by atoms with E-state index in [9.17, 15) is 0 Å². The molecule has 2 aromatic heterocycles. The Morgan fingerprint density at radius 2 is 1.55 bits per heavy atom. The fraction of sp³-hybridized carbons (Fsp3) is 0.269. The number of rotatable bonds is 6. The first-order chi connectivity index (χ1) is 15.3. The number of fused-ring (bicyclic) bond motifs is 1. The number of hydrogen-bond donors (Lipinski definition) is 0. The van der Waals surface area contributed by atoms with E-state index in [1.807, 2.05) is 18.2 Å². The highest BCUT2D eigenvalue weighted by Crippen LogP contribution is 2.27. The highest BCUT2D eigenvalue weighted by atomic mass is 35.5. The quantitative estimate of drug-likeness (QED) is 0.408. The number of benzene rings is 2. The fourth-order valence-corrected chi connectivity index (χ4v) is 4.59. The molecule has 5 heteroatoms. The van der Waals surface area contributed by atoms with E-state index in [1.165, 1.54) is 11.4 Å². The van der Waals surface area contributed by atoms with Gasteiger partial charge in [-0.15, -0.1) is 0 Å². The molecule has 0 aliphatic carbocycles. The smallest absolute Gasteiger partial charge is 0.137 e. The van der Waals surface area contributed by atoms with Crippen molar-refractivity contribution in [1.29, 1.82) is 0 Å². The summed E-state index contributed by atoms with van der Waals surface area (Å²) in [6.07, 6.45) is 4.24. The molecule has 1 saturated heterocycles. The summed E-state index contributed by atoms with van der Waals surface area (Å²) in [6, 6.07) is 24.9. The Hall–Kier alpha value is -2.82. The Morgan fingerprint density at radius 3 is 2.32 bits per heavy atom. The van der Waals surface area contributed by atoms with E-state index in [0.717, 1.165) is 67.5 Å². The summed E-state index contributed by atoms with van der Waals surface area (Å²) < 4.78 is 2.23. The van der Waals surface area contributed by atoms with Crippen LogP contribution in [0.2, 0.25) is 5.02 Å². The first-order valence-corrected chi connectivity index (χ1v) is 11.4. The molecule has 0 bridgehead atoms. The first kappa shape index (κ1) is 20.1. The van der Waals surface area contributed by atoms with Crippen LogP contribution >= 0.6 is 11.6 Å². The molecule has 5 rings (SSSR count). The number of aromatic nitrogens is 2. The Kier molecular flexibility index (Phi) is 5.92. The van der Waals surface area contributed by atoms with Crippen molar-refractivity contribution in [2.45, 2.75) is 12.8 Å². The van der Waals surface area contributed by atoms with Crippen molar-refractivity contribution in [3.8, 4) is 11.3 Å². The fourth-order valence-electron chi connectivity index (χ4n) is 4.46. The zero-order valence-electron chi connectivity index (χ0n) is 17.6. The van der Waals surface area contributed by atoms with Gasteiger partial charge in [0.25, 0.3) is 0 Å². The van der Waals surface area contributed by atoms with Gasteiger partial charge in [-0.05, 0) is 55.8 Å². The summed E-state index contributed by atoms with van der Waals surface area (Å²) in [5.74, 6) is 0. The van der Waals surface area contributed by atoms with Gasteiger partial charge in [0.1, 0.15) is 5.65 Å². The summed E-state index contributed by atoms with van der Waals surface area (Å²) >= 11 is 6.10. The van der Waals surface area contributed by atoms with Crippen LogP contribution in [0.1, 0.15) is 12.1 Å². The maximum atomic E-state index is 6.10. The number of anilines is 1. The number of piperazine rings is 1. The van der Waals surface area contributed by atoms with Crippen molar-refractivity contribution in [3.63, 3.8) is 0 Å². The second-order valence-corrected chi connectivity index (χ2v) is 8.55. The summed E-state index contributed by atoms with van der Waals surface area (Å²) in [5, 5.41) is 0.753. The Bertz CT molecular complexity index is 1130. The van der Waals surface area contributed by atoms with Crippen molar-refractivity contribution in [2.24, 2.45) is 0 Å². The minimum atomic E-state index is 0.753. The van der Waals surface area contributed by atoms with Gasteiger partial charge in [0.2, 0.25) is 0 Å². The number of imidazole rings is 1. The van der Waals surface area contributed by atoms with Crippen LogP contribution in [0.3, 0.4) is 0 Å². The van der Waals surface area contributed by atoms with Gasteiger partial charge in [0, 0.05) is 48.6 Å². The number of hydrogen-bond acceptors (Lipinski definition) is 3. The van der Waals surface area contributed by atoms with Crippen LogP contribution in [0.15, 0.2) is 79.0 Å². The highest BCUT2D eigenvalue weighted by Gasteiger charge is 2.18. The van der Waals surface area contributed by atoms with Gasteiger partial charge < -0.3 is 9.30 Å². The molecule has 0 spiro atoms. The molecule has 1 aliphatic heterocycles. The SMILES string of the molecule is Clc1ccc(-c2nc3ccccn3c2CCCN2CCN(c3ccccc3)CC2)cc1. The zero-order valence-corrected chi connectivity index (χ0v) is 18.4. The molecule has 1 fully saturated rings. The predicted molar refractivity (Wildman–Crippen MR) is 129 cm³/mol. The van der Waals surface area contributed by atoms with Gasteiger partial charge >= 0.3 is 0 Å². The van der Waals surface area contributed by atoms with E-state index < -0.39 is 0 Å². The van der Waals surface area contributed by atoms with Crippen LogP contribution in [0.25, 0.3) is 16.9 Å². The van der Waals surface area contributed by atoms with Gasteiger partial charge in [0.15, 0.2) is 0 Å². The van der Waals surface area contributed by atoms with Crippen LogP contribution < -0.4 is 4.90 Å². The predicted octanol–water partition coefficient (Wildman–Crippen LogP) is 5.41. The third-order valence-corrected chi connectivity index (χ3v) is 6.38. The summed E-state index contributed by atoms with van der Waals surface area (Å²) in [4.78, 5) is 9.99. The highest BCUT2D eigenvalue weighted by molar-refractivity contribution is 6.30. The van der Waals surface area contributed by atoms with E-state index in [-0.39, 0.29) is 0 Å². The van der Waals surface area contributed by atoms with E-state index in [4.69, 9.17) is 16.6 Å². The van der Waals surface area contributed by atoms with E-state index in [1.54, 1.807) is 0 Å². The Labute approximate surface area is 188 Å². The van der Waals surface area contributed by atoms with Crippen LogP contribution in [0, 0.1) is 0 Å². The lowest BCUT2D eigenvalue weighted by molar-refractivity contribution is 0.255. The maximum absolute atomic E-state index is 6.10. The van der Waals surface area contributed by atoms with Gasteiger partial charge in [-0.2, -0.15) is 0 Å². The number of halogens is 1. The van der Waals surface area contributed by atoms with Crippen molar-refractivity contribution >= 4 is 22.9 Å². The number of nitrogens with zero attached hydrogens (tertiary/aromatic N) is 4. The molecule has 0 amide bonds. The third-order valence-electron chi connectivity index (χ3n) is 6.13. The Morgan fingerprint density at radius 1 is 0.806 bits per heavy atom. The molecule has 158 valence electrons. The minimum Gasteiger partial charge on any atom is -0.369 e. The molecular weight excluding hydrogens is 404 g/mol. The largest absolute Gasteiger partial charge is 0.369 e. The topological polar surface area (TPSA) is 23.8 Å². The van der Waals surface area contributed by atoms with Crippen molar-refractivity contribution in [2.75, 3.05) is 37.6 Å². The molecule has 1 aliphatic rings. The molecular formula is C26H27ClN4. The van der Waals surface area contributed by atoms with Crippen LogP contribution in [-0.4, -0.2) is 47.0 Å². The molecule has 0 atom stereocenters. The lowest BCUT2D eigenvalue weighted by Gasteiger charge is -2.36. The van der Waals surface area contributed by atoms with Crippen LogP contribution in [0.5, 0.6) is 0 Å². The maximum Gasteiger partial charge on any atom is 0.137 e. The lowest BCUT2D eigenvalue weighted by Crippen LogP contribution is -2.46. The molecule has 0 radical (unpaired) electrons. The second-order valence-electron chi connectivity index (χ2n) is 8.11. The second kappa shape index (κ2) is 9.13. The van der Waals surface area contributed by atoms with Crippen LogP contribution in [-0.2, 0) is 6.42 Å². The van der Waals surface area contributed by atoms with Crippen molar-refractivity contribution < 1.29 is 0 Å². The zero-order chi connectivity index (χ0) is 21.0. The van der Waals surface area contributed by atoms with Gasteiger partial charge in [-0.25, -0.2) is 4.98 Å². The van der Waals surface area contributed by atoms with E-state index >= 15 is 0 Å². The van der Waals surface area contributed by atoms with Gasteiger partial charge in [-0.3, -0.25) is 4.90 Å². The number of para-hydroxylation sites is 1. The molecule has 4 nitrogen and oxygen atoms in total. The standard InChI is InChI=1S/C26H27ClN4/c27-22-13-11-21(12-14-22)26-24(31-16-5-4-10-25(31)28-26)9-6-15-29-17-19-30(20-18-29)23-7-2-1-3-8-23/h1-5,7-8,10-14,16H,6,9,15,17-20H2. The van der Waals surface area contributed by atoms with E-state index in [0.29, 0.717) is 0 Å². The lowest BCUT2D eigenvalue weighted by atomic mass is 10.1. The molecule has 0 N–H and O–H groups in total. The summed E-state index contributed by atoms with van der Waals surface area (Å²) in [7, 11) is 0. The monoisotopic (exact) mass is 430 g/mol. The minimum absolute atomic E-state index is 0.753. The van der Waals surface area contributed by atoms with E-state index in [2.05, 4.69) is 75.0 Å². The molecule has 2 aromatic carbocycles. The molecule has 0 unspecified atom stereocenters. The average molecular weight is 431 g/mol. The van der Waals surface area contributed by atoms with Gasteiger partial charge in [0.05, 0.1) is 11.4 Å². The molecule has 3 heterocycles. The molecule has 4 aromatic rings. The first-order valence-electron chi connectivity index (χ1n) is 11.0. The number of pyridine rings is 1. The Balaban J connectivity index is 1.25. The van der Waals surface area contributed by atoms with Crippen molar-refractivity contribution in [1.82, 2.24) is 14.3 Å². The molecule has 0 saturated carbocycles. The summed E-state index contributed by atoms with van der Waals surface area (Å²) in [6.45, 7) is 5.53. The van der Waals surface area contributed by atoms with Crippen LogP contribution in [0.4, 0.5) is 5.69 Å². The summed E-state index contributed by atoms with van der Waals surface area (Å²) in [5.41, 5.74) is 5.80. The van der Waals surface area contributed by atoms with Crippen molar-refractivity contribution in [3.05, 3.63) is 89.7 Å². The number of aryl methyl sites for hydroxylation is 1. The third kappa shape index (κ3) is 4.46. The normalized spacial score (nSPS) is 14.9.